The first-order valence-corrected chi connectivity index (χ1v) is 10.5. The van der Waals surface area contributed by atoms with Gasteiger partial charge in [-0.2, -0.15) is 13.2 Å². The largest absolute Gasteiger partial charge is 0.491 e. The third-order valence-electron chi connectivity index (χ3n) is 4.87. The molecule has 0 radical (unpaired) electrons. The summed E-state index contributed by atoms with van der Waals surface area (Å²) in [4.78, 5) is 47.0. The van der Waals surface area contributed by atoms with Crippen molar-refractivity contribution in [3.8, 4) is 0 Å². The molecule has 1 aromatic carbocycles. The molecule has 1 aromatic rings. The van der Waals surface area contributed by atoms with Crippen LogP contribution in [0.4, 0.5) is 13.2 Å². The normalized spacial score (nSPS) is 19.9. The van der Waals surface area contributed by atoms with Crippen molar-refractivity contribution in [3.05, 3.63) is 47.7 Å². The minimum Gasteiger partial charge on any atom is -0.471 e. The van der Waals surface area contributed by atoms with E-state index in [4.69, 9.17) is 10.5 Å². The molecule has 186 valence electrons. The third kappa shape index (κ3) is 8.18. The highest BCUT2D eigenvalue weighted by Gasteiger charge is 2.45. The van der Waals surface area contributed by atoms with Gasteiger partial charge in [-0.3, -0.25) is 9.59 Å². The highest BCUT2D eigenvalue weighted by molar-refractivity contribution is 5.97. The highest BCUT2D eigenvalue weighted by atomic mass is 19.4. The van der Waals surface area contributed by atoms with Gasteiger partial charge in [-0.05, 0) is 30.9 Å². The Kier molecular flexibility index (Phi) is 9.60. The molecule has 0 saturated carbocycles. The zero-order chi connectivity index (χ0) is 25.3. The number of hydrogen-bond donors (Lipinski definition) is 3. The number of nitrogens with two attached hydrogens (primary N) is 1. The van der Waals surface area contributed by atoms with E-state index in [1.807, 2.05) is 30.3 Å². The first-order chi connectivity index (χ1) is 16.0. The van der Waals surface area contributed by atoms with Gasteiger partial charge in [0.1, 0.15) is 0 Å². The van der Waals surface area contributed by atoms with Crippen molar-refractivity contribution in [3.63, 3.8) is 0 Å². The van der Waals surface area contributed by atoms with Crippen LogP contribution in [0.5, 0.6) is 0 Å². The van der Waals surface area contributed by atoms with Crippen molar-refractivity contribution < 1.29 is 41.8 Å². The molecule has 4 N–H and O–H groups in total. The lowest BCUT2D eigenvalue weighted by Crippen LogP contribution is -2.61. The molecular weight excluding hydrogens is 459 g/mol. The standard InChI is InChI=1S/C22H26F3N3O6/c1-13(29)28-17-15(26)12-16(20(31)34-21(32)22(23,24)25)33-18(17)19(30)27-11-7-3-6-10-14-8-4-2-5-9-14/h2,4-5,8-9,12,15,17-18H,3,6-7,10-11,26H2,1H3,(H,27,30)(H,28,29)/t15-,17+,18+/m0/s1. The fraction of sp³-hybridized carbons (Fsp3) is 0.455. The number of rotatable bonds is 9. The van der Waals surface area contributed by atoms with Gasteiger partial charge in [-0.1, -0.05) is 36.8 Å². The Bertz CT molecular complexity index is 920. The van der Waals surface area contributed by atoms with Crippen molar-refractivity contribution >= 4 is 23.8 Å². The van der Waals surface area contributed by atoms with Crippen LogP contribution in [0.3, 0.4) is 0 Å². The summed E-state index contributed by atoms with van der Waals surface area (Å²) in [5, 5.41) is 5.02. The molecule has 34 heavy (non-hydrogen) atoms. The maximum Gasteiger partial charge on any atom is 0.491 e. The fourth-order valence-corrected chi connectivity index (χ4v) is 3.25. The van der Waals surface area contributed by atoms with Crippen molar-refractivity contribution in [1.82, 2.24) is 10.6 Å². The van der Waals surface area contributed by atoms with Crippen LogP contribution >= 0.6 is 0 Å². The Hall–Kier alpha value is -3.41. The molecule has 0 bridgehead atoms. The van der Waals surface area contributed by atoms with Crippen LogP contribution < -0.4 is 16.4 Å². The summed E-state index contributed by atoms with van der Waals surface area (Å²) in [5.41, 5.74) is 7.08. The van der Waals surface area contributed by atoms with Crippen molar-refractivity contribution in [2.45, 2.75) is 57.0 Å². The Labute approximate surface area is 193 Å². The second kappa shape index (κ2) is 12.2. The molecule has 1 heterocycles. The van der Waals surface area contributed by atoms with Crippen LogP contribution in [-0.2, 0) is 35.1 Å². The number of esters is 2. The van der Waals surface area contributed by atoms with E-state index in [1.165, 1.54) is 12.5 Å². The molecule has 12 heteroatoms. The Morgan fingerprint density at radius 1 is 1.09 bits per heavy atom. The number of nitrogens with one attached hydrogen (secondary N) is 2. The van der Waals surface area contributed by atoms with E-state index < -0.39 is 53.9 Å². The Morgan fingerprint density at radius 3 is 2.38 bits per heavy atom. The number of carbonyl (C=O) groups is 4. The predicted octanol–water partition coefficient (Wildman–Crippen LogP) is 1.26. The van der Waals surface area contributed by atoms with Crippen LogP contribution in [0, 0.1) is 0 Å². The van der Waals surface area contributed by atoms with E-state index in [1.54, 1.807) is 0 Å². The fourth-order valence-electron chi connectivity index (χ4n) is 3.25. The monoisotopic (exact) mass is 485 g/mol. The van der Waals surface area contributed by atoms with Crippen molar-refractivity contribution in [1.29, 1.82) is 0 Å². The molecular formula is C22H26F3N3O6. The number of benzene rings is 1. The maximum atomic E-state index is 12.7. The predicted molar refractivity (Wildman–Crippen MR) is 113 cm³/mol. The maximum absolute atomic E-state index is 12.7. The summed E-state index contributed by atoms with van der Waals surface area (Å²) in [6.45, 7) is 1.43. The lowest BCUT2D eigenvalue weighted by atomic mass is 9.98. The lowest BCUT2D eigenvalue weighted by molar-refractivity contribution is -0.201. The summed E-state index contributed by atoms with van der Waals surface area (Å²) in [5.74, 6) is -6.62. The summed E-state index contributed by atoms with van der Waals surface area (Å²) < 4.78 is 46.0. The molecule has 0 aromatic heterocycles. The molecule has 0 spiro atoms. The highest BCUT2D eigenvalue weighted by Crippen LogP contribution is 2.22. The molecule has 3 atom stereocenters. The molecule has 0 unspecified atom stereocenters. The van der Waals surface area contributed by atoms with Gasteiger partial charge in [0.25, 0.3) is 5.91 Å². The smallest absolute Gasteiger partial charge is 0.471 e. The second-order valence-corrected chi connectivity index (χ2v) is 7.64. The lowest BCUT2D eigenvalue weighted by Gasteiger charge is -2.34. The molecule has 1 aliphatic heterocycles. The quantitative estimate of drug-likeness (QED) is 0.272. The van der Waals surface area contributed by atoms with E-state index in [-0.39, 0.29) is 6.54 Å². The summed E-state index contributed by atoms with van der Waals surface area (Å²) in [7, 11) is 0. The number of ether oxygens (including phenoxy) is 2. The van der Waals surface area contributed by atoms with E-state index in [2.05, 4.69) is 15.4 Å². The van der Waals surface area contributed by atoms with E-state index in [0.717, 1.165) is 25.3 Å². The number of halogens is 3. The molecule has 0 fully saturated rings. The van der Waals surface area contributed by atoms with Gasteiger partial charge in [0.2, 0.25) is 11.7 Å². The third-order valence-corrected chi connectivity index (χ3v) is 4.87. The number of aryl methyl sites for hydroxylation is 1. The number of unbranched alkanes of at least 4 members (excludes halogenated alkanes) is 2. The number of amides is 2. The molecule has 2 amide bonds. The summed E-state index contributed by atoms with van der Waals surface area (Å²) in [6.07, 6.45) is -2.84. The van der Waals surface area contributed by atoms with Crippen LogP contribution in [0.1, 0.15) is 31.7 Å². The van der Waals surface area contributed by atoms with E-state index in [9.17, 15) is 32.3 Å². The van der Waals surface area contributed by atoms with E-state index in [0.29, 0.717) is 6.42 Å². The second-order valence-electron chi connectivity index (χ2n) is 7.64. The topological polar surface area (TPSA) is 137 Å². The summed E-state index contributed by atoms with van der Waals surface area (Å²) >= 11 is 0. The minimum atomic E-state index is -5.40. The molecule has 0 saturated heterocycles. The zero-order valence-corrected chi connectivity index (χ0v) is 18.4. The van der Waals surface area contributed by atoms with Gasteiger partial charge in [-0.25, -0.2) is 9.59 Å². The molecule has 2 rings (SSSR count). The van der Waals surface area contributed by atoms with Gasteiger partial charge in [0.05, 0.1) is 12.1 Å². The number of carbonyl (C=O) groups excluding carboxylic acids is 4. The molecule has 0 aliphatic carbocycles. The first-order valence-electron chi connectivity index (χ1n) is 10.5. The van der Waals surface area contributed by atoms with Gasteiger partial charge in [-0.15, -0.1) is 0 Å². The number of alkyl halides is 3. The average Bonchev–Trinajstić information content (AvgIpc) is 2.76. The van der Waals surface area contributed by atoms with Crippen LogP contribution in [0.25, 0.3) is 0 Å². The zero-order valence-electron chi connectivity index (χ0n) is 18.4. The van der Waals surface area contributed by atoms with Gasteiger partial charge >= 0.3 is 18.1 Å². The van der Waals surface area contributed by atoms with Crippen molar-refractivity contribution in [2.75, 3.05) is 6.54 Å². The van der Waals surface area contributed by atoms with Crippen LogP contribution in [0.2, 0.25) is 0 Å². The molecule has 1 aliphatic rings. The Balaban J connectivity index is 1.94. The summed E-state index contributed by atoms with van der Waals surface area (Å²) in [6, 6.07) is 7.59. The number of hydrogen-bond acceptors (Lipinski definition) is 7. The first kappa shape index (κ1) is 26.8. The van der Waals surface area contributed by atoms with Crippen LogP contribution in [-0.4, -0.2) is 54.7 Å². The van der Waals surface area contributed by atoms with Gasteiger partial charge < -0.3 is 25.8 Å². The van der Waals surface area contributed by atoms with Crippen LogP contribution in [0.15, 0.2) is 42.2 Å². The van der Waals surface area contributed by atoms with Gasteiger partial charge in [0.15, 0.2) is 6.10 Å². The van der Waals surface area contributed by atoms with Crippen molar-refractivity contribution in [2.24, 2.45) is 5.73 Å². The minimum absolute atomic E-state index is 0.256. The average molecular weight is 485 g/mol. The SMILES string of the molecule is CC(=O)N[C@@H]1[C@@H](N)C=C(C(=O)OC(=O)C(F)(F)F)O[C@H]1C(=O)NCCCCCc1ccccc1. The Morgan fingerprint density at radius 2 is 1.76 bits per heavy atom. The molecule has 9 nitrogen and oxygen atoms in total. The van der Waals surface area contributed by atoms with E-state index >= 15 is 0 Å². The van der Waals surface area contributed by atoms with Gasteiger partial charge in [0, 0.05) is 13.5 Å².